The predicted octanol–water partition coefficient (Wildman–Crippen LogP) is 2.93. The minimum Gasteiger partial charge on any atom is -0.481 e. The summed E-state index contributed by atoms with van der Waals surface area (Å²) in [7, 11) is -3.72. The van der Waals surface area contributed by atoms with Crippen molar-refractivity contribution in [1.82, 2.24) is 4.72 Å². The highest BCUT2D eigenvalue weighted by Gasteiger charge is 2.28. The lowest BCUT2D eigenvalue weighted by molar-refractivity contribution is -0.136. The molecule has 0 spiro atoms. The zero-order chi connectivity index (χ0) is 17.3. The minimum absolute atomic E-state index is 0.0384. The van der Waals surface area contributed by atoms with Crippen molar-refractivity contribution >= 4 is 27.6 Å². The van der Waals surface area contributed by atoms with E-state index in [4.69, 9.17) is 16.7 Å². The Morgan fingerprint density at radius 2 is 2.00 bits per heavy atom. The average molecular weight is 366 g/mol. The molecule has 0 fully saturated rings. The SMILES string of the molecule is O=C(O)Cc1ccc2c(c1)CCC2NS(=O)(=O)c1ccccc1Cl. The lowest BCUT2D eigenvalue weighted by atomic mass is 10.0. The average Bonchev–Trinajstić information content (AvgIpc) is 2.88. The van der Waals surface area contributed by atoms with E-state index in [1.54, 1.807) is 24.3 Å². The summed E-state index contributed by atoms with van der Waals surface area (Å²) in [5, 5.41) is 9.05. The molecule has 0 heterocycles. The second-order valence-corrected chi connectivity index (χ2v) is 7.84. The van der Waals surface area contributed by atoms with E-state index >= 15 is 0 Å². The Balaban J connectivity index is 1.84. The molecule has 0 aliphatic heterocycles. The van der Waals surface area contributed by atoms with Gasteiger partial charge in [-0.05, 0) is 41.7 Å². The van der Waals surface area contributed by atoms with Crippen molar-refractivity contribution in [2.75, 3.05) is 0 Å². The monoisotopic (exact) mass is 365 g/mol. The van der Waals surface area contributed by atoms with Crippen molar-refractivity contribution in [1.29, 1.82) is 0 Å². The summed E-state index contributed by atoms with van der Waals surface area (Å²) in [6, 6.07) is 11.4. The largest absolute Gasteiger partial charge is 0.481 e. The summed E-state index contributed by atoms with van der Waals surface area (Å²) in [5.41, 5.74) is 2.59. The van der Waals surface area contributed by atoms with Crippen LogP contribution in [-0.4, -0.2) is 19.5 Å². The Morgan fingerprint density at radius 1 is 1.25 bits per heavy atom. The molecule has 0 saturated carbocycles. The number of fused-ring (bicyclic) bond motifs is 1. The summed E-state index contributed by atoms with van der Waals surface area (Å²) in [6.07, 6.45) is 1.30. The number of hydrogen-bond acceptors (Lipinski definition) is 3. The second-order valence-electron chi connectivity index (χ2n) is 5.75. The second kappa shape index (κ2) is 6.55. The Hall–Kier alpha value is -1.89. The van der Waals surface area contributed by atoms with Crippen LogP contribution in [0.3, 0.4) is 0 Å². The van der Waals surface area contributed by atoms with Crippen LogP contribution in [0.4, 0.5) is 0 Å². The van der Waals surface area contributed by atoms with Crippen molar-refractivity contribution in [2.45, 2.75) is 30.2 Å². The Labute approximate surface area is 145 Å². The molecule has 3 rings (SSSR count). The number of halogens is 1. The fraction of sp³-hybridized carbons (Fsp3) is 0.235. The number of sulfonamides is 1. The topological polar surface area (TPSA) is 83.5 Å². The van der Waals surface area contributed by atoms with Gasteiger partial charge in [0.05, 0.1) is 11.4 Å². The molecule has 0 saturated heterocycles. The Kier molecular flexibility index (Phi) is 4.62. The third-order valence-corrected chi connectivity index (χ3v) is 6.04. The fourth-order valence-electron chi connectivity index (χ4n) is 2.99. The number of aliphatic carboxylic acids is 1. The highest BCUT2D eigenvalue weighted by atomic mass is 35.5. The van der Waals surface area contributed by atoms with Gasteiger partial charge in [-0.1, -0.05) is 41.9 Å². The third-order valence-electron chi connectivity index (χ3n) is 4.06. The smallest absolute Gasteiger partial charge is 0.307 e. The minimum atomic E-state index is -3.72. The number of aryl methyl sites for hydroxylation is 1. The molecule has 24 heavy (non-hydrogen) atoms. The predicted molar refractivity (Wildman–Crippen MR) is 90.6 cm³/mol. The number of carboxylic acids is 1. The van der Waals surface area contributed by atoms with Crippen LogP contribution >= 0.6 is 11.6 Å². The molecule has 2 N–H and O–H groups in total. The van der Waals surface area contributed by atoms with Gasteiger partial charge in [-0.2, -0.15) is 0 Å². The van der Waals surface area contributed by atoms with E-state index in [1.165, 1.54) is 12.1 Å². The summed E-state index contributed by atoms with van der Waals surface area (Å²) >= 11 is 5.99. The van der Waals surface area contributed by atoms with Crippen LogP contribution in [0.2, 0.25) is 5.02 Å². The zero-order valence-corrected chi connectivity index (χ0v) is 14.3. The van der Waals surface area contributed by atoms with Crippen molar-refractivity contribution in [3.63, 3.8) is 0 Å². The van der Waals surface area contributed by atoms with E-state index in [2.05, 4.69) is 4.72 Å². The molecule has 1 atom stereocenters. The molecule has 0 amide bonds. The Morgan fingerprint density at radius 3 is 2.71 bits per heavy atom. The number of nitrogens with one attached hydrogen (secondary N) is 1. The van der Waals surface area contributed by atoms with E-state index in [-0.39, 0.29) is 22.4 Å². The first kappa shape index (κ1) is 17.0. The molecule has 126 valence electrons. The van der Waals surface area contributed by atoms with Gasteiger partial charge >= 0.3 is 5.97 Å². The highest BCUT2D eigenvalue weighted by molar-refractivity contribution is 7.89. The summed E-state index contributed by atoms with van der Waals surface area (Å²) in [6.45, 7) is 0. The van der Waals surface area contributed by atoms with Gasteiger partial charge in [0, 0.05) is 6.04 Å². The lowest BCUT2D eigenvalue weighted by Crippen LogP contribution is -2.27. The van der Waals surface area contributed by atoms with Crippen molar-refractivity contribution < 1.29 is 18.3 Å². The van der Waals surface area contributed by atoms with Gasteiger partial charge in [-0.3, -0.25) is 4.79 Å². The first-order valence-corrected chi connectivity index (χ1v) is 9.33. The summed E-state index contributed by atoms with van der Waals surface area (Å²) < 4.78 is 27.8. The van der Waals surface area contributed by atoms with Crippen LogP contribution < -0.4 is 4.72 Å². The molecule has 0 bridgehead atoms. The first-order valence-electron chi connectivity index (χ1n) is 7.47. The zero-order valence-electron chi connectivity index (χ0n) is 12.7. The van der Waals surface area contributed by atoms with E-state index < -0.39 is 16.0 Å². The molecule has 1 aliphatic carbocycles. The maximum absolute atomic E-state index is 12.6. The van der Waals surface area contributed by atoms with E-state index in [0.717, 1.165) is 16.7 Å². The number of carboxylic acid groups (broad SMARTS) is 1. The van der Waals surface area contributed by atoms with Crippen molar-refractivity contribution in [3.05, 3.63) is 64.2 Å². The van der Waals surface area contributed by atoms with Crippen LogP contribution in [0.25, 0.3) is 0 Å². The van der Waals surface area contributed by atoms with Gasteiger partial charge in [0.25, 0.3) is 0 Å². The molecular weight excluding hydrogens is 350 g/mol. The summed E-state index contributed by atoms with van der Waals surface area (Å²) in [4.78, 5) is 10.9. The number of carbonyl (C=O) groups is 1. The number of hydrogen-bond donors (Lipinski definition) is 2. The number of rotatable bonds is 5. The maximum atomic E-state index is 12.6. The van der Waals surface area contributed by atoms with Crippen molar-refractivity contribution in [2.24, 2.45) is 0 Å². The van der Waals surface area contributed by atoms with Crippen LogP contribution in [-0.2, 0) is 27.7 Å². The molecular formula is C17H16ClNO4S. The van der Waals surface area contributed by atoms with Crippen LogP contribution in [0.15, 0.2) is 47.4 Å². The summed E-state index contributed by atoms with van der Waals surface area (Å²) in [5.74, 6) is -0.885. The van der Waals surface area contributed by atoms with Gasteiger partial charge in [0.15, 0.2) is 0 Å². The van der Waals surface area contributed by atoms with E-state index in [1.807, 2.05) is 6.07 Å². The molecule has 2 aromatic rings. The van der Waals surface area contributed by atoms with Gasteiger partial charge in [0.2, 0.25) is 10.0 Å². The highest BCUT2D eigenvalue weighted by Crippen LogP contribution is 2.33. The van der Waals surface area contributed by atoms with E-state index in [9.17, 15) is 13.2 Å². The van der Waals surface area contributed by atoms with Gasteiger partial charge < -0.3 is 5.11 Å². The quantitative estimate of drug-likeness (QED) is 0.853. The Bertz CT molecular complexity index is 895. The standard InChI is InChI=1S/C17H16ClNO4S/c18-14-3-1-2-4-16(14)24(22,23)19-15-8-6-12-9-11(10-17(20)21)5-7-13(12)15/h1-5,7,9,15,19H,6,8,10H2,(H,20,21). The molecule has 0 aromatic heterocycles. The first-order chi connectivity index (χ1) is 11.4. The maximum Gasteiger partial charge on any atom is 0.307 e. The molecule has 1 unspecified atom stereocenters. The lowest BCUT2D eigenvalue weighted by Gasteiger charge is -2.15. The molecule has 1 aliphatic rings. The van der Waals surface area contributed by atoms with E-state index in [0.29, 0.717) is 12.8 Å². The molecule has 5 nitrogen and oxygen atoms in total. The van der Waals surface area contributed by atoms with Gasteiger partial charge in [-0.25, -0.2) is 13.1 Å². The molecule has 0 radical (unpaired) electrons. The van der Waals surface area contributed by atoms with Crippen molar-refractivity contribution in [3.8, 4) is 0 Å². The fourth-order valence-corrected chi connectivity index (χ4v) is 4.76. The normalized spacial score (nSPS) is 16.8. The number of benzene rings is 2. The van der Waals surface area contributed by atoms with Gasteiger partial charge in [0.1, 0.15) is 4.90 Å². The van der Waals surface area contributed by atoms with Crippen LogP contribution in [0, 0.1) is 0 Å². The third kappa shape index (κ3) is 3.45. The van der Waals surface area contributed by atoms with Crippen LogP contribution in [0.5, 0.6) is 0 Å². The molecule has 2 aromatic carbocycles. The van der Waals surface area contributed by atoms with Gasteiger partial charge in [-0.15, -0.1) is 0 Å². The van der Waals surface area contributed by atoms with Crippen LogP contribution in [0.1, 0.15) is 29.2 Å². The molecule has 7 heteroatoms.